The van der Waals surface area contributed by atoms with Gasteiger partial charge in [-0.25, -0.2) is 0 Å². The topological polar surface area (TPSA) is 19.0 Å². The lowest BCUT2D eigenvalue weighted by molar-refractivity contribution is 0.0906. The minimum Gasteiger partial charge on any atom is -0.361 e. The molecule has 1 aromatic carbocycles. The molecule has 0 bridgehead atoms. The van der Waals surface area contributed by atoms with Gasteiger partial charge in [0.05, 0.1) is 0 Å². The number of hydrogen-bond donors (Lipinski definition) is 1. The number of aromatic nitrogens is 1. The molecule has 2 aromatic rings. The lowest BCUT2D eigenvalue weighted by atomic mass is 9.72. The Hall–Kier alpha value is -0.930. The Morgan fingerprint density at radius 1 is 1.29 bits per heavy atom. The Morgan fingerprint density at radius 3 is 3.04 bits per heavy atom. The number of unbranched alkanes of at least 4 members (excludes halogenated alkanes) is 2. The van der Waals surface area contributed by atoms with E-state index in [2.05, 4.69) is 47.5 Å². The highest BCUT2D eigenvalue weighted by atomic mass is 32.2. The molecule has 3 heteroatoms. The van der Waals surface area contributed by atoms with Crippen LogP contribution in [-0.2, 0) is 6.42 Å². The van der Waals surface area contributed by atoms with Gasteiger partial charge in [-0.15, -0.1) is 0 Å². The van der Waals surface area contributed by atoms with Gasteiger partial charge in [-0.1, -0.05) is 31.9 Å². The lowest BCUT2D eigenvalue weighted by Crippen LogP contribution is -2.50. The van der Waals surface area contributed by atoms with Gasteiger partial charge < -0.3 is 4.98 Å². The van der Waals surface area contributed by atoms with E-state index >= 15 is 0 Å². The van der Waals surface area contributed by atoms with Crippen molar-refractivity contribution in [2.45, 2.75) is 51.0 Å². The summed E-state index contributed by atoms with van der Waals surface area (Å²) in [5.74, 6) is 2.88. The van der Waals surface area contributed by atoms with E-state index in [9.17, 15) is 0 Å². The largest absolute Gasteiger partial charge is 0.361 e. The second-order valence-corrected chi connectivity index (χ2v) is 8.63. The molecule has 2 heterocycles. The van der Waals surface area contributed by atoms with Crippen LogP contribution in [0, 0.1) is 5.92 Å². The number of piperidine rings is 1. The van der Waals surface area contributed by atoms with Gasteiger partial charge in [0.15, 0.2) is 0 Å². The van der Waals surface area contributed by atoms with Crippen molar-refractivity contribution in [1.82, 2.24) is 9.88 Å². The molecule has 24 heavy (non-hydrogen) atoms. The van der Waals surface area contributed by atoms with Gasteiger partial charge in [-0.05, 0) is 60.9 Å². The maximum Gasteiger partial charge on any atom is 0.0459 e. The van der Waals surface area contributed by atoms with E-state index in [0.29, 0.717) is 6.04 Å². The number of aromatic amines is 1. The van der Waals surface area contributed by atoms with Crippen LogP contribution in [0.3, 0.4) is 0 Å². The van der Waals surface area contributed by atoms with Crippen LogP contribution in [0.25, 0.3) is 10.9 Å². The molecular formula is C21H30N2S. The summed E-state index contributed by atoms with van der Waals surface area (Å²) in [6.07, 6.45) is 11.2. The van der Waals surface area contributed by atoms with Crippen molar-refractivity contribution in [3.05, 3.63) is 35.5 Å². The van der Waals surface area contributed by atoms with Crippen molar-refractivity contribution in [2.75, 3.05) is 25.1 Å². The van der Waals surface area contributed by atoms with Crippen molar-refractivity contribution < 1.29 is 0 Å². The molecule has 1 N–H and O–H groups in total. The monoisotopic (exact) mass is 342 g/mol. The lowest BCUT2D eigenvalue weighted by Gasteiger charge is -2.47. The molecule has 2 aliphatic rings. The molecule has 1 aliphatic carbocycles. The molecule has 1 saturated heterocycles. The summed E-state index contributed by atoms with van der Waals surface area (Å²) in [7, 11) is 0. The summed E-state index contributed by atoms with van der Waals surface area (Å²) in [6.45, 7) is 4.90. The molecule has 4 rings (SSSR count). The van der Waals surface area contributed by atoms with Gasteiger partial charge in [0.2, 0.25) is 0 Å². The zero-order valence-electron chi connectivity index (χ0n) is 15.1. The molecule has 1 aliphatic heterocycles. The van der Waals surface area contributed by atoms with Crippen molar-refractivity contribution in [1.29, 1.82) is 0 Å². The first-order valence-corrected chi connectivity index (χ1v) is 11.0. The first-order chi connectivity index (χ1) is 11.8. The summed E-state index contributed by atoms with van der Waals surface area (Å²) in [5, 5.41) is 1.54. The normalized spacial score (nSPS) is 26.7. The van der Waals surface area contributed by atoms with Crippen LogP contribution in [0.1, 0.15) is 49.7 Å². The molecule has 130 valence electrons. The third-order valence-corrected chi connectivity index (χ3v) is 6.92. The number of thioether (sulfide) groups is 1. The van der Waals surface area contributed by atoms with Gasteiger partial charge in [-0.2, -0.15) is 11.8 Å². The van der Waals surface area contributed by atoms with Crippen LogP contribution in [-0.4, -0.2) is 41.0 Å². The van der Waals surface area contributed by atoms with Crippen molar-refractivity contribution >= 4 is 22.7 Å². The van der Waals surface area contributed by atoms with Crippen LogP contribution >= 0.6 is 11.8 Å². The smallest absolute Gasteiger partial charge is 0.0459 e. The number of benzene rings is 1. The maximum atomic E-state index is 3.51. The van der Waals surface area contributed by atoms with Crippen molar-refractivity contribution in [2.24, 2.45) is 5.92 Å². The zero-order chi connectivity index (χ0) is 16.5. The predicted molar refractivity (Wildman–Crippen MR) is 106 cm³/mol. The molecule has 0 radical (unpaired) electrons. The van der Waals surface area contributed by atoms with E-state index < -0.39 is 0 Å². The minimum atomic E-state index is 0.717. The fraction of sp³-hybridized carbons (Fsp3) is 0.619. The average molecular weight is 343 g/mol. The second-order valence-electron chi connectivity index (χ2n) is 7.72. The van der Waals surface area contributed by atoms with Gasteiger partial charge in [0, 0.05) is 35.6 Å². The van der Waals surface area contributed by atoms with Crippen molar-refractivity contribution in [3.8, 4) is 0 Å². The SMILES string of the molecule is CCCCCN1CC(CSC)C[C@H]2c3cccc4[nH]cc(c34)C[C@@H]21. The standard InChI is InChI=1S/C21H30N2S/c1-3-4-5-9-23-13-15(14-24-2)10-18-17-7-6-8-19-21(17)16(12-22-19)11-20(18)23/h6-8,12,15,18,20,22H,3-5,9-11,13-14H2,1-2H3/t15?,18-,20-/m0/s1. The Bertz CT molecular complexity index is 692. The highest BCUT2D eigenvalue weighted by Crippen LogP contribution is 2.45. The Morgan fingerprint density at radius 2 is 2.21 bits per heavy atom. The predicted octanol–water partition coefficient (Wildman–Crippen LogP) is 5.05. The third-order valence-electron chi connectivity index (χ3n) is 6.11. The summed E-state index contributed by atoms with van der Waals surface area (Å²) in [6, 6.07) is 7.61. The van der Waals surface area contributed by atoms with Gasteiger partial charge in [0.25, 0.3) is 0 Å². The van der Waals surface area contributed by atoms with Crippen LogP contribution in [0.4, 0.5) is 0 Å². The van der Waals surface area contributed by atoms with Gasteiger partial charge in [0.1, 0.15) is 0 Å². The summed E-state index contributed by atoms with van der Waals surface area (Å²) in [4.78, 5) is 6.36. The van der Waals surface area contributed by atoms with Crippen LogP contribution in [0.2, 0.25) is 0 Å². The molecule has 1 fully saturated rings. The Kier molecular flexibility index (Phi) is 4.91. The van der Waals surface area contributed by atoms with Crippen molar-refractivity contribution in [3.63, 3.8) is 0 Å². The van der Waals surface area contributed by atoms with Crippen LogP contribution < -0.4 is 0 Å². The second kappa shape index (κ2) is 7.13. The van der Waals surface area contributed by atoms with Gasteiger partial charge >= 0.3 is 0 Å². The van der Waals surface area contributed by atoms with E-state index in [1.54, 1.807) is 11.1 Å². The summed E-state index contributed by atoms with van der Waals surface area (Å²) < 4.78 is 0. The molecule has 0 spiro atoms. The van der Waals surface area contributed by atoms with Crippen LogP contribution in [0.15, 0.2) is 24.4 Å². The quantitative estimate of drug-likeness (QED) is 0.741. The van der Waals surface area contributed by atoms with E-state index in [4.69, 9.17) is 0 Å². The fourth-order valence-corrected chi connectivity index (χ4v) is 5.79. The summed E-state index contributed by atoms with van der Waals surface area (Å²) >= 11 is 2.02. The third kappa shape index (κ3) is 2.90. The highest BCUT2D eigenvalue weighted by Gasteiger charge is 2.40. The number of likely N-dealkylation sites (tertiary alicyclic amines) is 1. The number of rotatable bonds is 6. The number of nitrogens with one attached hydrogen (secondary N) is 1. The minimum absolute atomic E-state index is 0.717. The Labute approximate surface area is 150 Å². The zero-order valence-corrected chi connectivity index (χ0v) is 15.9. The number of hydrogen-bond acceptors (Lipinski definition) is 2. The highest BCUT2D eigenvalue weighted by molar-refractivity contribution is 7.98. The van der Waals surface area contributed by atoms with E-state index in [0.717, 1.165) is 11.8 Å². The van der Waals surface area contributed by atoms with E-state index in [-0.39, 0.29) is 0 Å². The van der Waals surface area contributed by atoms with E-state index in [1.807, 2.05) is 11.8 Å². The summed E-state index contributed by atoms with van der Waals surface area (Å²) in [5.41, 5.74) is 4.50. The van der Waals surface area contributed by atoms with E-state index in [1.165, 1.54) is 61.8 Å². The molecule has 2 nitrogen and oxygen atoms in total. The molecule has 1 unspecified atom stereocenters. The number of fused-ring (bicyclic) bond motifs is 2. The van der Waals surface area contributed by atoms with Gasteiger partial charge in [-0.3, -0.25) is 4.90 Å². The number of H-pyrrole nitrogens is 1. The first kappa shape index (κ1) is 16.5. The fourth-order valence-electron chi connectivity index (χ4n) is 5.08. The Balaban J connectivity index is 1.66. The molecule has 0 amide bonds. The molecule has 1 aromatic heterocycles. The molecule has 0 saturated carbocycles. The average Bonchev–Trinajstić information content (AvgIpc) is 3.01. The molecular weight excluding hydrogens is 312 g/mol. The molecule has 3 atom stereocenters. The maximum absolute atomic E-state index is 3.51. The first-order valence-electron chi connectivity index (χ1n) is 9.63. The van der Waals surface area contributed by atoms with Crippen LogP contribution in [0.5, 0.6) is 0 Å². The number of nitrogens with zero attached hydrogens (tertiary/aromatic N) is 1.